The number of hydrogen-bond donors (Lipinski definition) is 3. The first-order chi connectivity index (χ1) is 18.5. The van der Waals surface area contributed by atoms with Crippen molar-refractivity contribution < 1.29 is 37.4 Å². The molecule has 212 valence electrons. The van der Waals surface area contributed by atoms with Gasteiger partial charge in [-0.15, -0.1) is 0 Å². The number of imidazole rings is 1. The minimum atomic E-state index is -4.24. The van der Waals surface area contributed by atoms with E-state index in [4.69, 9.17) is 18.5 Å². The predicted molar refractivity (Wildman–Crippen MR) is 139 cm³/mol. The summed E-state index contributed by atoms with van der Waals surface area (Å²) in [6.07, 6.45) is -2.93. The number of aryl methyl sites for hydroxylation is 1. The van der Waals surface area contributed by atoms with E-state index in [-0.39, 0.29) is 12.4 Å². The molecule has 3 N–H and O–H groups in total. The van der Waals surface area contributed by atoms with Gasteiger partial charge in [-0.3, -0.25) is 13.9 Å². The van der Waals surface area contributed by atoms with Crippen molar-refractivity contribution in [2.24, 2.45) is 0 Å². The van der Waals surface area contributed by atoms with Gasteiger partial charge in [0, 0.05) is 7.05 Å². The summed E-state index contributed by atoms with van der Waals surface area (Å²) in [4.78, 5) is 25.1. The van der Waals surface area contributed by atoms with Gasteiger partial charge in [-0.05, 0) is 39.8 Å². The number of hydrogen-bond acceptors (Lipinski definition) is 11. The van der Waals surface area contributed by atoms with Gasteiger partial charge in [-0.2, -0.15) is 5.09 Å². The van der Waals surface area contributed by atoms with Crippen molar-refractivity contribution in [1.82, 2.24) is 24.6 Å². The smallest absolute Gasteiger partial charge is 0.459 e. The fourth-order valence-electron chi connectivity index (χ4n) is 4.16. The molecule has 0 amide bonds. The molecule has 3 heterocycles. The van der Waals surface area contributed by atoms with Crippen LogP contribution in [0.3, 0.4) is 0 Å². The van der Waals surface area contributed by atoms with Gasteiger partial charge < -0.3 is 24.4 Å². The lowest BCUT2D eigenvalue weighted by Crippen LogP contribution is -2.41. The molecule has 13 nitrogen and oxygen atoms in total. The Morgan fingerprint density at radius 3 is 2.72 bits per heavy atom. The molecule has 1 aliphatic rings. The number of para-hydroxylation sites is 1. The maximum atomic E-state index is 15.9. The third kappa shape index (κ3) is 6.04. The van der Waals surface area contributed by atoms with Crippen molar-refractivity contribution in [2.75, 3.05) is 25.6 Å². The molecule has 3 aromatic rings. The van der Waals surface area contributed by atoms with E-state index in [2.05, 4.69) is 25.4 Å². The third-order valence-electron chi connectivity index (χ3n) is 6.11. The average molecular weight is 567 g/mol. The van der Waals surface area contributed by atoms with E-state index in [0.29, 0.717) is 22.8 Å². The summed E-state index contributed by atoms with van der Waals surface area (Å²) in [5, 5.41) is 16.3. The first-order valence-corrected chi connectivity index (χ1v) is 13.9. The van der Waals surface area contributed by atoms with E-state index in [1.54, 1.807) is 51.2 Å². The number of aliphatic hydroxyl groups excluding tert-OH is 1. The molecule has 0 saturated carbocycles. The zero-order chi connectivity index (χ0) is 28.4. The topological polar surface area (TPSA) is 159 Å². The third-order valence-corrected chi connectivity index (χ3v) is 7.75. The van der Waals surface area contributed by atoms with Crippen molar-refractivity contribution in [2.45, 2.75) is 57.8 Å². The molecule has 0 aliphatic carbocycles. The van der Waals surface area contributed by atoms with E-state index in [1.165, 1.54) is 24.7 Å². The highest BCUT2D eigenvalue weighted by atomic mass is 31.2. The molecule has 4 rings (SSSR count). The number of halogens is 1. The molecule has 0 bridgehead atoms. The van der Waals surface area contributed by atoms with Crippen LogP contribution in [0.15, 0.2) is 36.7 Å². The van der Waals surface area contributed by atoms with E-state index in [9.17, 15) is 14.5 Å². The maximum Gasteiger partial charge on any atom is 0.459 e. The summed E-state index contributed by atoms with van der Waals surface area (Å²) in [5.74, 6) is 0.409. The Bertz CT molecular complexity index is 1360. The number of ether oxygens (including phenoxy) is 2. The quantitative estimate of drug-likeness (QED) is 0.230. The lowest BCUT2D eigenvalue weighted by Gasteiger charge is -2.25. The molecule has 0 spiro atoms. The largest absolute Gasteiger partial charge is 0.465 e. The van der Waals surface area contributed by atoms with Gasteiger partial charge in [0.15, 0.2) is 28.9 Å². The van der Waals surface area contributed by atoms with Crippen LogP contribution in [0.4, 0.5) is 10.2 Å². The molecule has 1 saturated heterocycles. The number of aliphatic hydroxyl groups is 1. The van der Waals surface area contributed by atoms with Crippen LogP contribution in [-0.2, 0) is 23.4 Å². The van der Waals surface area contributed by atoms with E-state index >= 15 is 4.39 Å². The molecular weight excluding hydrogens is 534 g/mol. The highest BCUT2D eigenvalue weighted by Gasteiger charge is 2.56. The molecule has 1 fully saturated rings. The number of nitrogens with one attached hydrogen (secondary N) is 2. The molecular formula is C24H32FN6O7P. The summed E-state index contributed by atoms with van der Waals surface area (Å²) in [7, 11) is -2.57. The minimum absolute atomic E-state index is 0.122. The Labute approximate surface area is 224 Å². The highest BCUT2D eigenvalue weighted by molar-refractivity contribution is 7.52. The normalized spacial score (nSPS) is 25.3. The second-order valence-electron chi connectivity index (χ2n) is 9.12. The van der Waals surface area contributed by atoms with Crippen LogP contribution >= 0.6 is 7.75 Å². The van der Waals surface area contributed by atoms with Gasteiger partial charge in [0.05, 0.1) is 19.5 Å². The summed E-state index contributed by atoms with van der Waals surface area (Å²) in [6.45, 7) is 5.53. The van der Waals surface area contributed by atoms with Crippen molar-refractivity contribution >= 4 is 30.7 Å². The number of rotatable bonds is 11. The summed E-state index contributed by atoms with van der Waals surface area (Å²) < 4.78 is 53.0. The Balaban J connectivity index is 1.57. The molecule has 15 heteroatoms. The number of anilines is 1. The Kier molecular flexibility index (Phi) is 8.52. The number of nitrogens with zero attached hydrogens (tertiary/aromatic N) is 4. The molecule has 0 unspecified atom stereocenters. The summed E-state index contributed by atoms with van der Waals surface area (Å²) in [5.41, 5.74) is -1.61. The Morgan fingerprint density at radius 1 is 1.33 bits per heavy atom. The van der Waals surface area contributed by atoms with Crippen molar-refractivity contribution in [3.63, 3.8) is 0 Å². The molecule has 39 heavy (non-hydrogen) atoms. The lowest BCUT2D eigenvalue weighted by molar-refractivity contribution is -0.144. The van der Waals surface area contributed by atoms with E-state index in [0.717, 1.165) is 0 Å². The van der Waals surface area contributed by atoms with Gasteiger partial charge in [0.2, 0.25) is 0 Å². The molecule has 1 aliphatic heterocycles. The predicted octanol–water partition coefficient (Wildman–Crippen LogP) is 2.91. The van der Waals surface area contributed by atoms with Crippen LogP contribution < -0.4 is 14.9 Å². The van der Waals surface area contributed by atoms with Gasteiger partial charge in [-0.25, -0.2) is 23.9 Å². The standard InChI is InChI=1S/C24H32FN6O7P/c1-6-35-22(33)14(2)30-39(34,38-16-10-8-7-9-11-16)36-12-17-19(32)24(4,25)23(37-17)31-13-27-18-20(26-5)28-15(3)29-21(18)31/h7-11,13-14,17,19,23,32H,6,12H2,1-5H3,(H,30,34)(H,26,28,29)/t14-,17+,19+,23+,24+,39-/m0/s1. The van der Waals surface area contributed by atoms with Crippen LogP contribution in [-0.4, -0.2) is 74.8 Å². The van der Waals surface area contributed by atoms with Crippen molar-refractivity contribution in [3.05, 3.63) is 42.5 Å². The second kappa shape index (κ2) is 11.5. The Morgan fingerprint density at radius 2 is 2.05 bits per heavy atom. The molecule has 6 atom stereocenters. The van der Waals surface area contributed by atoms with E-state index < -0.39 is 50.5 Å². The van der Waals surface area contributed by atoms with Gasteiger partial charge in [-0.1, -0.05) is 18.2 Å². The average Bonchev–Trinajstić information content (AvgIpc) is 3.40. The zero-order valence-corrected chi connectivity index (χ0v) is 23.1. The number of benzene rings is 1. The second-order valence-corrected chi connectivity index (χ2v) is 10.8. The monoisotopic (exact) mass is 566 g/mol. The van der Waals surface area contributed by atoms with Gasteiger partial charge >= 0.3 is 13.7 Å². The molecule has 1 aromatic carbocycles. The number of fused-ring (bicyclic) bond motifs is 1. The highest BCUT2D eigenvalue weighted by Crippen LogP contribution is 2.48. The van der Waals surface area contributed by atoms with E-state index in [1.807, 2.05) is 0 Å². The van der Waals surface area contributed by atoms with Crippen LogP contribution in [0.1, 0.15) is 32.8 Å². The first-order valence-electron chi connectivity index (χ1n) is 12.3. The number of carbonyl (C=O) groups excluding carboxylic acids is 1. The van der Waals surface area contributed by atoms with Gasteiger partial charge in [0.1, 0.15) is 29.8 Å². The number of carbonyl (C=O) groups is 1. The SMILES string of the molecule is CCOC(=O)[C@H](C)N[P@](=O)(OC[C@H]1O[C@@H](n2cnc3c(NC)nc(C)nc32)[C@](C)(F)[C@@H]1O)Oc1ccccc1. The van der Waals surface area contributed by atoms with Gasteiger partial charge in [0.25, 0.3) is 0 Å². The van der Waals surface area contributed by atoms with Crippen molar-refractivity contribution in [1.29, 1.82) is 0 Å². The number of aromatic nitrogens is 4. The molecule has 2 aromatic heterocycles. The fraction of sp³-hybridized carbons (Fsp3) is 0.500. The minimum Gasteiger partial charge on any atom is -0.465 e. The molecule has 0 radical (unpaired) electrons. The lowest BCUT2D eigenvalue weighted by atomic mass is 9.98. The zero-order valence-electron chi connectivity index (χ0n) is 22.2. The van der Waals surface area contributed by atoms with Crippen LogP contribution in [0.25, 0.3) is 11.2 Å². The Hall–Kier alpha value is -3.16. The van der Waals surface area contributed by atoms with Crippen LogP contribution in [0, 0.1) is 6.92 Å². The maximum absolute atomic E-state index is 15.9. The number of alkyl halides is 1. The number of esters is 1. The summed E-state index contributed by atoms with van der Waals surface area (Å²) >= 11 is 0. The summed E-state index contributed by atoms with van der Waals surface area (Å²) in [6, 6.07) is 7.11. The van der Waals surface area contributed by atoms with Crippen molar-refractivity contribution in [3.8, 4) is 5.75 Å². The van der Waals surface area contributed by atoms with Crippen LogP contribution in [0.5, 0.6) is 5.75 Å². The fourth-order valence-corrected chi connectivity index (χ4v) is 5.66. The van der Waals surface area contributed by atoms with Crippen LogP contribution in [0.2, 0.25) is 0 Å². The first kappa shape index (κ1) is 28.8.